The highest BCUT2D eigenvalue weighted by molar-refractivity contribution is 5.76. The summed E-state index contributed by atoms with van der Waals surface area (Å²) in [5.41, 5.74) is -0.909. The van der Waals surface area contributed by atoms with Crippen molar-refractivity contribution < 1.29 is 19.1 Å². The van der Waals surface area contributed by atoms with E-state index in [0.29, 0.717) is 19.6 Å². The molecule has 0 unspecified atom stereocenters. The molecule has 0 aromatic heterocycles. The van der Waals surface area contributed by atoms with Gasteiger partial charge in [0, 0.05) is 26.7 Å². The Labute approximate surface area is 146 Å². The van der Waals surface area contributed by atoms with Crippen molar-refractivity contribution in [3.8, 4) is 0 Å². The molecule has 1 fully saturated rings. The lowest BCUT2D eigenvalue weighted by atomic mass is 9.81. The van der Waals surface area contributed by atoms with Crippen LogP contribution in [0.3, 0.4) is 0 Å². The van der Waals surface area contributed by atoms with Crippen LogP contribution in [0.4, 0.5) is 4.79 Å². The molecule has 2 N–H and O–H groups in total. The zero-order chi connectivity index (χ0) is 18.1. The second-order valence-corrected chi connectivity index (χ2v) is 7.69. The van der Waals surface area contributed by atoms with Crippen LogP contribution in [-0.2, 0) is 14.3 Å². The van der Waals surface area contributed by atoms with Gasteiger partial charge in [0.15, 0.2) is 0 Å². The van der Waals surface area contributed by atoms with Crippen molar-refractivity contribution in [1.29, 1.82) is 0 Å². The highest BCUT2D eigenvalue weighted by atomic mass is 16.6. The summed E-state index contributed by atoms with van der Waals surface area (Å²) in [7, 11) is 1.66. The number of alkyl carbamates (subject to hydrolysis) is 1. The summed E-state index contributed by atoms with van der Waals surface area (Å²) >= 11 is 0. The molecule has 0 radical (unpaired) electrons. The van der Waals surface area contributed by atoms with E-state index in [-0.39, 0.29) is 11.4 Å². The van der Waals surface area contributed by atoms with Crippen molar-refractivity contribution in [3.63, 3.8) is 0 Å². The lowest BCUT2D eigenvalue weighted by Crippen LogP contribution is -2.57. The fourth-order valence-corrected chi connectivity index (χ4v) is 2.98. The van der Waals surface area contributed by atoms with E-state index in [1.54, 1.807) is 7.11 Å². The molecule has 140 valence electrons. The average Bonchev–Trinajstić information content (AvgIpc) is 2.48. The van der Waals surface area contributed by atoms with Crippen LogP contribution in [0.2, 0.25) is 0 Å². The minimum Gasteiger partial charge on any atom is -0.444 e. The van der Waals surface area contributed by atoms with Gasteiger partial charge in [-0.15, -0.1) is 0 Å². The summed E-state index contributed by atoms with van der Waals surface area (Å²) in [6.45, 7) is 6.69. The minimum absolute atomic E-state index is 0.0297. The van der Waals surface area contributed by atoms with Gasteiger partial charge in [0.2, 0.25) is 5.91 Å². The largest absolute Gasteiger partial charge is 0.444 e. The smallest absolute Gasteiger partial charge is 0.408 e. The van der Waals surface area contributed by atoms with Gasteiger partial charge in [-0.2, -0.15) is 0 Å². The van der Waals surface area contributed by atoms with Gasteiger partial charge in [0.05, 0.1) is 5.54 Å². The molecule has 0 aromatic rings. The first-order valence-corrected chi connectivity index (χ1v) is 9.03. The Bertz CT molecular complexity index is 398. The molecule has 2 amide bonds. The Morgan fingerprint density at radius 3 is 2.33 bits per heavy atom. The SMILES string of the molecule is COCCCCC(=O)NCC1(NC(=O)OC(C)(C)C)CCCCC1. The molecule has 0 atom stereocenters. The van der Waals surface area contributed by atoms with Gasteiger partial charge in [-0.3, -0.25) is 4.79 Å². The number of ether oxygens (including phenoxy) is 2. The Morgan fingerprint density at radius 1 is 1.08 bits per heavy atom. The molecule has 1 aliphatic carbocycles. The van der Waals surface area contributed by atoms with E-state index >= 15 is 0 Å². The number of rotatable bonds is 8. The Morgan fingerprint density at radius 2 is 1.75 bits per heavy atom. The summed E-state index contributed by atoms with van der Waals surface area (Å²) in [6.07, 6.45) is 6.80. The van der Waals surface area contributed by atoms with Crippen LogP contribution in [-0.4, -0.2) is 43.4 Å². The highest BCUT2D eigenvalue weighted by Gasteiger charge is 2.35. The minimum atomic E-state index is -0.523. The first-order valence-electron chi connectivity index (χ1n) is 9.03. The van der Waals surface area contributed by atoms with Gasteiger partial charge in [-0.1, -0.05) is 19.3 Å². The first kappa shape index (κ1) is 20.7. The molecule has 0 aromatic carbocycles. The molecule has 6 heteroatoms. The van der Waals surface area contributed by atoms with Gasteiger partial charge in [-0.05, 0) is 46.5 Å². The predicted octanol–water partition coefficient (Wildman–Crippen LogP) is 3.15. The standard InChI is InChI=1S/C18H34N2O4/c1-17(2,3)24-16(22)20-18(11-7-5-8-12-18)14-19-15(21)10-6-9-13-23-4/h5-14H2,1-4H3,(H,19,21)(H,20,22). The van der Waals surface area contributed by atoms with Crippen molar-refractivity contribution in [3.05, 3.63) is 0 Å². The Balaban J connectivity index is 2.49. The summed E-state index contributed by atoms with van der Waals surface area (Å²) in [5.74, 6) is 0.0297. The third-order valence-corrected chi connectivity index (χ3v) is 4.20. The maximum atomic E-state index is 12.2. The maximum Gasteiger partial charge on any atom is 0.408 e. The van der Waals surface area contributed by atoms with Gasteiger partial charge in [0.1, 0.15) is 5.60 Å². The average molecular weight is 342 g/mol. The lowest BCUT2D eigenvalue weighted by molar-refractivity contribution is -0.121. The molecule has 24 heavy (non-hydrogen) atoms. The third kappa shape index (κ3) is 8.52. The fraction of sp³-hybridized carbons (Fsp3) is 0.889. The molecule has 1 saturated carbocycles. The van der Waals surface area contributed by atoms with Crippen LogP contribution >= 0.6 is 0 Å². The topological polar surface area (TPSA) is 76.7 Å². The highest BCUT2D eigenvalue weighted by Crippen LogP contribution is 2.28. The molecule has 0 aliphatic heterocycles. The summed E-state index contributed by atoms with van der Waals surface area (Å²) < 4.78 is 10.4. The first-order chi connectivity index (χ1) is 11.3. The Hall–Kier alpha value is -1.30. The zero-order valence-electron chi connectivity index (χ0n) is 15.7. The molecular formula is C18H34N2O4. The summed E-state index contributed by atoms with van der Waals surface area (Å²) in [6, 6.07) is 0. The van der Waals surface area contributed by atoms with E-state index in [9.17, 15) is 9.59 Å². The number of nitrogens with one attached hydrogen (secondary N) is 2. The van der Waals surface area contributed by atoms with Crippen LogP contribution in [0.25, 0.3) is 0 Å². The van der Waals surface area contributed by atoms with Gasteiger partial charge >= 0.3 is 6.09 Å². The quantitative estimate of drug-likeness (QED) is 0.664. The molecule has 0 saturated heterocycles. The van der Waals surface area contributed by atoms with Crippen LogP contribution in [0.5, 0.6) is 0 Å². The Kier molecular flexibility index (Phi) is 8.53. The van der Waals surface area contributed by atoms with Crippen molar-refractivity contribution >= 4 is 12.0 Å². The van der Waals surface area contributed by atoms with Crippen LogP contribution in [0.15, 0.2) is 0 Å². The van der Waals surface area contributed by atoms with Gasteiger partial charge < -0.3 is 20.1 Å². The lowest BCUT2D eigenvalue weighted by Gasteiger charge is -2.38. The number of carbonyl (C=O) groups excluding carboxylic acids is 2. The molecule has 0 heterocycles. The second-order valence-electron chi connectivity index (χ2n) is 7.69. The zero-order valence-corrected chi connectivity index (χ0v) is 15.7. The monoisotopic (exact) mass is 342 g/mol. The van der Waals surface area contributed by atoms with Gasteiger partial charge in [0.25, 0.3) is 0 Å². The van der Waals surface area contributed by atoms with E-state index in [1.807, 2.05) is 20.8 Å². The molecule has 1 rings (SSSR count). The molecule has 6 nitrogen and oxygen atoms in total. The number of methoxy groups -OCH3 is 1. The third-order valence-electron chi connectivity index (χ3n) is 4.20. The fourth-order valence-electron chi connectivity index (χ4n) is 2.98. The van der Waals surface area contributed by atoms with Crippen molar-refractivity contribution in [2.45, 2.75) is 83.3 Å². The summed E-state index contributed by atoms with van der Waals surface area (Å²) in [5, 5.41) is 6.01. The van der Waals surface area contributed by atoms with Crippen LogP contribution < -0.4 is 10.6 Å². The van der Waals surface area contributed by atoms with Crippen LogP contribution in [0.1, 0.15) is 72.1 Å². The number of carbonyl (C=O) groups is 2. The summed E-state index contributed by atoms with van der Waals surface area (Å²) in [4.78, 5) is 24.2. The van der Waals surface area contributed by atoms with E-state index < -0.39 is 11.7 Å². The van der Waals surface area contributed by atoms with Crippen LogP contribution in [0, 0.1) is 0 Å². The second kappa shape index (κ2) is 9.87. The van der Waals surface area contributed by atoms with Gasteiger partial charge in [-0.25, -0.2) is 4.79 Å². The maximum absolute atomic E-state index is 12.2. The van der Waals surface area contributed by atoms with E-state index in [2.05, 4.69) is 10.6 Å². The number of hydrogen-bond donors (Lipinski definition) is 2. The van der Waals surface area contributed by atoms with Crippen molar-refractivity contribution in [2.75, 3.05) is 20.3 Å². The molecular weight excluding hydrogens is 308 g/mol. The number of unbranched alkanes of at least 4 members (excludes halogenated alkanes) is 1. The normalized spacial score (nSPS) is 17.2. The molecule has 0 spiro atoms. The van der Waals surface area contributed by atoms with Crippen molar-refractivity contribution in [1.82, 2.24) is 10.6 Å². The van der Waals surface area contributed by atoms with E-state index in [0.717, 1.165) is 38.5 Å². The van der Waals surface area contributed by atoms with E-state index in [4.69, 9.17) is 9.47 Å². The molecule has 1 aliphatic rings. The van der Waals surface area contributed by atoms with E-state index in [1.165, 1.54) is 6.42 Å². The number of hydrogen-bond acceptors (Lipinski definition) is 4. The predicted molar refractivity (Wildman–Crippen MR) is 93.9 cm³/mol. The number of amides is 2. The van der Waals surface area contributed by atoms with Crippen molar-refractivity contribution in [2.24, 2.45) is 0 Å². The molecule has 0 bridgehead atoms.